The average Bonchev–Trinajstić information content (AvgIpc) is 3.23. The number of anilines is 1. The van der Waals surface area contributed by atoms with Crippen molar-refractivity contribution in [3.8, 4) is 17.1 Å². The van der Waals surface area contributed by atoms with Gasteiger partial charge in [0.2, 0.25) is 5.91 Å². The molecule has 2 heterocycles. The fraction of sp³-hybridized carbons (Fsp3) is 0.130. The average molecular weight is 504 g/mol. The number of alkyl halides is 3. The molecular weight excluding hydrogens is 487 g/mol. The molecule has 0 aliphatic carbocycles. The maximum absolute atomic E-state index is 13.0. The van der Waals surface area contributed by atoms with E-state index in [0.717, 1.165) is 46.8 Å². The number of aromatic nitrogens is 4. The maximum Gasteiger partial charge on any atom is 0.416 e. The summed E-state index contributed by atoms with van der Waals surface area (Å²) in [7, 11) is 0. The van der Waals surface area contributed by atoms with Crippen molar-refractivity contribution >= 4 is 35.0 Å². The van der Waals surface area contributed by atoms with Gasteiger partial charge in [-0.2, -0.15) is 13.2 Å². The molecule has 2 aromatic carbocycles. The first kappa shape index (κ1) is 23.8. The van der Waals surface area contributed by atoms with Gasteiger partial charge in [0.05, 0.1) is 22.0 Å². The minimum absolute atomic E-state index is 0.00847. The zero-order chi connectivity index (χ0) is 24.3. The highest BCUT2D eigenvalue weighted by Gasteiger charge is 2.31. The van der Waals surface area contributed by atoms with Crippen LogP contribution in [0.1, 0.15) is 11.1 Å². The predicted octanol–water partition coefficient (Wildman–Crippen LogP) is 6.04. The number of halogens is 4. The molecule has 0 saturated heterocycles. The van der Waals surface area contributed by atoms with Crippen LogP contribution in [-0.4, -0.2) is 31.4 Å². The molecule has 6 nitrogen and oxygen atoms in total. The van der Waals surface area contributed by atoms with Gasteiger partial charge in [0.25, 0.3) is 0 Å². The van der Waals surface area contributed by atoms with Gasteiger partial charge in [-0.1, -0.05) is 41.1 Å². The summed E-state index contributed by atoms with van der Waals surface area (Å²) in [5.41, 5.74) is 1.65. The van der Waals surface area contributed by atoms with E-state index in [-0.39, 0.29) is 16.5 Å². The summed E-state index contributed by atoms with van der Waals surface area (Å²) in [5.74, 6) is -0.0855. The van der Waals surface area contributed by atoms with Crippen LogP contribution < -0.4 is 5.32 Å². The maximum atomic E-state index is 13.0. The number of aryl methyl sites for hydroxylation is 1. The Morgan fingerprint density at radius 3 is 2.44 bits per heavy atom. The summed E-state index contributed by atoms with van der Waals surface area (Å²) in [5, 5.41) is 11.4. The van der Waals surface area contributed by atoms with Crippen LogP contribution in [0.25, 0.3) is 17.1 Å². The van der Waals surface area contributed by atoms with Crippen molar-refractivity contribution in [1.29, 1.82) is 0 Å². The summed E-state index contributed by atoms with van der Waals surface area (Å²) >= 11 is 7.08. The second-order valence-electron chi connectivity index (χ2n) is 7.24. The Balaban J connectivity index is 1.57. The molecule has 34 heavy (non-hydrogen) atoms. The van der Waals surface area contributed by atoms with Gasteiger partial charge in [-0.3, -0.25) is 14.3 Å². The lowest BCUT2D eigenvalue weighted by atomic mass is 10.2. The lowest BCUT2D eigenvalue weighted by Gasteiger charge is -2.12. The highest BCUT2D eigenvalue weighted by atomic mass is 35.5. The van der Waals surface area contributed by atoms with Crippen molar-refractivity contribution in [1.82, 2.24) is 19.7 Å². The number of thioether (sulfide) groups is 1. The Morgan fingerprint density at radius 1 is 1.06 bits per heavy atom. The second-order valence-corrected chi connectivity index (χ2v) is 8.59. The molecule has 11 heteroatoms. The molecule has 0 bridgehead atoms. The largest absolute Gasteiger partial charge is 0.416 e. The zero-order valence-corrected chi connectivity index (χ0v) is 19.2. The molecule has 0 spiro atoms. The van der Waals surface area contributed by atoms with Crippen LogP contribution in [0.3, 0.4) is 0 Å². The van der Waals surface area contributed by atoms with Crippen LogP contribution >= 0.6 is 23.4 Å². The predicted molar refractivity (Wildman–Crippen MR) is 125 cm³/mol. The van der Waals surface area contributed by atoms with E-state index in [0.29, 0.717) is 11.0 Å². The second kappa shape index (κ2) is 9.86. The van der Waals surface area contributed by atoms with Crippen LogP contribution in [0.4, 0.5) is 18.9 Å². The topological polar surface area (TPSA) is 72.7 Å². The molecule has 2 aromatic heterocycles. The molecule has 0 radical (unpaired) electrons. The van der Waals surface area contributed by atoms with Gasteiger partial charge < -0.3 is 5.32 Å². The number of rotatable bonds is 6. The molecule has 4 rings (SSSR count). The fourth-order valence-corrected chi connectivity index (χ4v) is 4.01. The molecule has 0 aliphatic heterocycles. The Hall–Kier alpha value is -3.37. The van der Waals surface area contributed by atoms with Crippen molar-refractivity contribution in [2.24, 2.45) is 0 Å². The summed E-state index contributed by atoms with van der Waals surface area (Å²) in [6.45, 7) is 1.97. The molecule has 0 aliphatic rings. The fourth-order valence-electron chi connectivity index (χ4n) is 3.09. The molecular formula is C23H17ClF3N5OS. The lowest BCUT2D eigenvalue weighted by Crippen LogP contribution is -2.16. The summed E-state index contributed by atoms with van der Waals surface area (Å²) in [4.78, 5) is 16.6. The van der Waals surface area contributed by atoms with Crippen LogP contribution in [0.2, 0.25) is 5.02 Å². The summed E-state index contributed by atoms with van der Waals surface area (Å²) in [6.07, 6.45) is -1.27. The van der Waals surface area contributed by atoms with E-state index in [9.17, 15) is 18.0 Å². The van der Waals surface area contributed by atoms with E-state index in [4.69, 9.17) is 11.6 Å². The van der Waals surface area contributed by atoms with E-state index < -0.39 is 17.6 Å². The molecule has 1 N–H and O–H groups in total. The molecule has 0 fully saturated rings. The highest BCUT2D eigenvalue weighted by Crippen LogP contribution is 2.34. The number of amides is 1. The van der Waals surface area contributed by atoms with Crippen molar-refractivity contribution in [3.05, 3.63) is 83.1 Å². The SMILES string of the molecule is Cc1ccc(-n2c(SCC(=O)Nc3cc(C(F)(F)F)ccc3Cl)nnc2-c2ccncc2)cc1. The van der Waals surface area contributed by atoms with E-state index in [1.165, 1.54) is 0 Å². The lowest BCUT2D eigenvalue weighted by molar-refractivity contribution is -0.137. The number of hydrogen-bond donors (Lipinski definition) is 1. The normalized spacial score (nSPS) is 11.4. The Labute approximate surface area is 202 Å². The standard InChI is InChI=1S/C23H17ClF3N5OS/c1-14-2-5-17(6-3-14)32-21(15-8-10-28-11-9-15)30-31-22(32)34-13-20(33)29-19-12-16(23(25,26)27)4-7-18(19)24/h2-12H,13H2,1H3,(H,29,33). The first-order valence-electron chi connectivity index (χ1n) is 9.94. The van der Waals surface area contributed by atoms with Gasteiger partial charge >= 0.3 is 6.18 Å². The Morgan fingerprint density at radius 2 is 1.76 bits per heavy atom. The molecule has 0 saturated carbocycles. The molecule has 1 amide bonds. The van der Waals surface area contributed by atoms with E-state index in [2.05, 4.69) is 20.5 Å². The number of nitrogens with one attached hydrogen (secondary N) is 1. The van der Waals surface area contributed by atoms with E-state index in [1.54, 1.807) is 24.5 Å². The number of hydrogen-bond acceptors (Lipinski definition) is 5. The molecule has 0 unspecified atom stereocenters. The minimum atomic E-state index is -4.55. The van der Waals surface area contributed by atoms with Crippen molar-refractivity contribution in [2.75, 3.05) is 11.1 Å². The van der Waals surface area contributed by atoms with Crippen LogP contribution in [-0.2, 0) is 11.0 Å². The summed E-state index contributed by atoms with van der Waals surface area (Å²) < 4.78 is 40.8. The van der Waals surface area contributed by atoms with E-state index >= 15 is 0 Å². The number of benzene rings is 2. The molecule has 0 atom stereocenters. The van der Waals surface area contributed by atoms with Gasteiger partial charge in [-0.05, 0) is 49.4 Å². The molecule has 174 valence electrons. The third-order valence-electron chi connectivity index (χ3n) is 4.76. The Bertz CT molecular complexity index is 1310. The summed E-state index contributed by atoms with van der Waals surface area (Å²) in [6, 6.07) is 14.1. The van der Waals surface area contributed by atoms with Gasteiger partial charge in [0, 0.05) is 23.6 Å². The van der Waals surface area contributed by atoms with Crippen LogP contribution in [0.15, 0.2) is 72.1 Å². The van der Waals surface area contributed by atoms with Crippen molar-refractivity contribution in [2.45, 2.75) is 18.3 Å². The van der Waals surface area contributed by atoms with Gasteiger partial charge in [-0.15, -0.1) is 10.2 Å². The highest BCUT2D eigenvalue weighted by molar-refractivity contribution is 7.99. The monoisotopic (exact) mass is 503 g/mol. The zero-order valence-electron chi connectivity index (χ0n) is 17.7. The van der Waals surface area contributed by atoms with Crippen molar-refractivity contribution < 1.29 is 18.0 Å². The van der Waals surface area contributed by atoms with Crippen LogP contribution in [0.5, 0.6) is 0 Å². The van der Waals surface area contributed by atoms with Crippen molar-refractivity contribution in [3.63, 3.8) is 0 Å². The molecule has 4 aromatic rings. The van der Waals surface area contributed by atoms with Crippen LogP contribution in [0, 0.1) is 6.92 Å². The third kappa shape index (κ3) is 5.40. The Kier molecular flexibility index (Phi) is 6.90. The number of carbonyl (C=O) groups is 1. The van der Waals surface area contributed by atoms with Gasteiger partial charge in [0.1, 0.15) is 0 Å². The number of nitrogens with zero attached hydrogens (tertiary/aromatic N) is 4. The van der Waals surface area contributed by atoms with Gasteiger partial charge in [0.15, 0.2) is 11.0 Å². The smallest absolute Gasteiger partial charge is 0.324 e. The van der Waals surface area contributed by atoms with E-state index in [1.807, 2.05) is 35.8 Å². The first-order valence-corrected chi connectivity index (χ1v) is 11.3. The quantitative estimate of drug-likeness (QED) is 0.325. The third-order valence-corrected chi connectivity index (χ3v) is 6.02. The number of carbonyl (C=O) groups excluding carboxylic acids is 1. The minimum Gasteiger partial charge on any atom is -0.324 e. The van der Waals surface area contributed by atoms with Gasteiger partial charge in [-0.25, -0.2) is 0 Å². The number of pyridine rings is 1. The first-order chi connectivity index (χ1) is 16.2.